The first-order valence-corrected chi connectivity index (χ1v) is 4.57. The molecule has 6 heteroatoms. The molecule has 0 saturated carbocycles. The molecule has 0 atom stereocenters. The average Bonchev–Trinajstić information content (AvgIpc) is 2.26. The Morgan fingerprint density at radius 3 is 2.38 bits per heavy atom. The summed E-state index contributed by atoms with van der Waals surface area (Å²) in [6, 6.07) is 0. The highest BCUT2D eigenvalue weighted by molar-refractivity contribution is 6.77. The van der Waals surface area contributed by atoms with Crippen molar-refractivity contribution >= 4 is 40.6 Å². The number of aromatic nitrogens is 2. The number of alkyl halides is 3. The summed E-state index contributed by atoms with van der Waals surface area (Å²) in [6.45, 7) is 1.68. The summed E-state index contributed by atoms with van der Waals surface area (Å²) in [5, 5.41) is 3.97. The van der Waals surface area contributed by atoms with Crippen LogP contribution in [0.5, 0.6) is 0 Å². The number of ketones is 1. The summed E-state index contributed by atoms with van der Waals surface area (Å²) in [7, 11) is 1.70. The monoisotopic (exact) mass is 240 g/mol. The van der Waals surface area contributed by atoms with Crippen LogP contribution in [0.2, 0.25) is 0 Å². The second-order valence-electron chi connectivity index (χ2n) is 2.63. The minimum absolute atomic E-state index is 0.336. The molecule has 1 aromatic heterocycles. The molecule has 0 spiro atoms. The van der Waals surface area contributed by atoms with Crippen molar-refractivity contribution in [2.45, 2.75) is 10.7 Å². The van der Waals surface area contributed by atoms with Gasteiger partial charge in [-0.15, -0.1) is 0 Å². The summed E-state index contributed by atoms with van der Waals surface area (Å²) >= 11 is 16.3. The third-order valence-corrected chi connectivity index (χ3v) is 2.03. The zero-order valence-corrected chi connectivity index (χ0v) is 9.28. The Labute approximate surface area is 90.6 Å². The summed E-state index contributed by atoms with van der Waals surface area (Å²) in [4.78, 5) is 11.5. The molecule has 0 saturated heterocycles. The molecule has 0 N–H and O–H groups in total. The number of aryl methyl sites for hydroxylation is 2. The van der Waals surface area contributed by atoms with Gasteiger partial charge in [-0.2, -0.15) is 5.10 Å². The van der Waals surface area contributed by atoms with E-state index in [1.54, 1.807) is 14.0 Å². The first-order chi connectivity index (χ1) is 5.82. The summed E-state index contributed by atoms with van der Waals surface area (Å²) < 4.78 is -0.410. The van der Waals surface area contributed by atoms with E-state index in [1.807, 2.05) is 0 Å². The van der Waals surface area contributed by atoms with Gasteiger partial charge in [-0.3, -0.25) is 9.48 Å². The van der Waals surface area contributed by atoms with Crippen LogP contribution in [0.4, 0.5) is 0 Å². The van der Waals surface area contributed by atoms with Crippen LogP contribution in [0, 0.1) is 6.92 Å². The number of carbonyl (C=O) groups is 1. The number of hydrogen-bond donors (Lipinski definition) is 0. The standard InChI is InChI=1S/C7H7Cl3N2O/c1-4-5(3-12(2)11-4)6(13)7(8,9)10/h3H,1-2H3. The molecule has 1 heterocycles. The van der Waals surface area contributed by atoms with Crippen LogP contribution >= 0.6 is 34.8 Å². The molecule has 0 bridgehead atoms. The Balaban J connectivity index is 3.09. The zero-order valence-electron chi connectivity index (χ0n) is 7.01. The summed E-state index contributed by atoms with van der Waals surface area (Å²) in [5.74, 6) is -0.553. The minimum Gasteiger partial charge on any atom is -0.289 e. The lowest BCUT2D eigenvalue weighted by molar-refractivity contribution is 0.0995. The van der Waals surface area contributed by atoms with Crippen molar-refractivity contribution in [2.24, 2.45) is 7.05 Å². The highest BCUT2D eigenvalue weighted by Gasteiger charge is 2.33. The van der Waals surface area contributed by atoms with E-state index in [-0.39, 0.29) is 0 Å². The normalized spacial score (nSPS) is 11.8. The van der Waals surface area contributed by atoms with E-state index in [1.165, 1.54) is 10.9 Å². The van der Waals surface area contributed by atoms with E-state index < -0.39 is 9.58 Å². The molecule has 0 fully saturated rings. The zero-order chi connectivity index (χ0) is 10.2. The molecule has 0 radical (unpaired) electrons. The Hall–Kier alpha value is -0.250. The van der Waals surface area contributed by atoms with Crippen molar-refractivity contribution in [2.75, 3.05) is 0 Å². The van der Waals surface area contributed by atoms with Crippen LogP contribution in [0.25, 0.3) is 0 Å². The molecular formula is C7H7Cl3N2O. The van der Waals surface area contributed by atoms with E-state index >= 15 is 0 Å². The molecule has 0 amide bonds. The van der Waals surface area contributed by atoms with Crippen molar-refractivity contribution in [3.05, 3.63) is 17.5 Å². The fraction of sp³-hybridized carbons (Fsp3) is 0.429. The van der Waals surface area contributed by atoms with Crippen molar-refractivity contribution in [1.29, 1.82) is 0 Å². The predicted octanol–water partition coefficient (Wildman–Crippen LogP) is 2.28. The molecule has 1 aromatic rings. The fourth-order valence-electron chi connectivity index (χ4n) is 0.975. The second-order valence-corrected chi connectivity index (χ2v) is 4.91. The number of Topliss-reactive ketones (excluding diaryl/α,β-unsaturated/α-hetero) is 1. The third-order valence-electron chi connectivity index (χ3n) is 1.52. The molecule has 0 aromatic carbocycles. The molecule has 0 aliphatic rings. The highest BCUT2D eigenvalue weighted by Crippen LogP contribution is 2.31. The van der Waals surface area contributed by atoms with Gasteiger partial charge in [0.25, 0.3) is 3.79 Å². The van der Waals surface area contributed by atoms with Crippen LogP contribution in [0.1, 0.15) is 16.1 Å². The van der Waals surface area contributed by atoms with E-state index in [9.17, 15) is 4.79 Å². The maximum absolute atomic E-state index is 11.5. The van der Waals surface area contributed by atoms with Gasteiger partial charge in [0.2, 0.25) is 5.78 Å². The van der Waals surface area contributed by atoms with Gasteiger partial charge in [-0.05, 0) is 6.92 Å². The number of halogens is 3. The van der Waals surface area contributed by atoms with Gasteiger partial charge in [0.15, 0.2) is 0 Å². The van der Waals surface area contributed by atoms with Crippen molar-refractivity contribution in [1.82, 2.24) is 9.78 Å². The van der Waals surface area contributed by atoms with Crippen LogP contribution in [-0.2, 0) is 7.05 Å². The van der Waals surface area contributed by atoms with Gasteiger partial charge in [0.05, 0.1) is 11.3 Å². The van der Waals surface area contributed by atoms with Crippen molar-refractivity contribution < 1.29 is 4.79 Å². The first kappa shape index (κ1) is 10.8. The van der Waals surface area contributed by atoms with Crippen molar-refractivity contribution in [3.63, 3.8) is 0 Å². The summed E-state index contributed by atoms with van der Waals surface area (Å²) in [5.41, 5.74) is 0.890. The maximum atomic E-state index is 11.5. The maximum Gasteiger partial charge on any atom is 0.253 e. The minimum atomic E-state index is -1.91. The van der Waals surface area contributed by atoms with Gasteiger partial charge in [0.1, 0.15) is 0 Å². The summed E-state index contributed by atoms with van der Waals surface area (Å²) in [6.07, 6.45) is 1.53. The van der Waals surface area contributed by atoms with Gasteiger partial charge < -0.3 is 0 Å². The lowest BCUT2D eigenvalue weighted by atomic mass is 10.2. The molecule has 0 unspecified atom stereocenters. The first-order valence-electron chi connectivity index (χ1n) is 3.44. The molecule has 13 heavy (non-hydrogen) atoms. The highest BCUT2D eigenvalue weighted by atomic mass is 35.6. The molecule has 0 aliphatic carbocycles. The second kappa shape index (κ2) is 3.48. The van der Waals surface area contributed by atoms with E-state index in [4.69, 9.17) is 34.8 Å². The molecular weight excluding hydrogens is 234 g/mol. The number of carbonyl (C=O) groups excluding carboxylic acids is 1. The van der Waals surface area contributed by atoms with Crippen LogP contribution in [0.15, 0.2) is 6.20 Å². The quantitative estimate of drug-likeness (QED) is 0.558. The Kier molecular flexibility index (Phi) is 2.90. The number of nitrogens with zero attached hydrogens (tertiary/aromatic N) is 2. The van der Waals surface area contributed by atoms with Gasteiger partial charge in [0, 0.05) is 13.2 Å². The molecule has 72 valence electrons. The average molecular weight is 242 g/mol. The lowest BCUT2D eigenvalue weighted by Crippen LogP contribution is -2.19. The van der Waals surface area contributed by atoms with E-state index in [0.717, 1.165) is 0 Å². The Bertz CT molecular complexity index is 340. The number of rotatable bonds is 1. The molecule has 0 aliphatic heterocycles. The van der Waals surface area contributed by atoms with Crippen LogP contribution < -0.4 is 0 Å². The Morgan fingerprint density at radius 2 is 2.08 bits per heavy atom. The number of hydrogen-bond acceptors (Lipinski definition) is 2. The topological polar surface area (TPSA) is 34.9 Å². The Morgan fingerprint density at radius 1 is 1.54 bits per heavy atom. The SMILES string of the molecule is Cc1nn(C)cc1C(=O)C(Cl)(Cl)Cl. The van der Waals surface area contributed by atoms with Crippen LogP contribution in [-0.4, -0.2) is 19.4 Å². The molecule has 1 rings (SSSR count). The third kappa shape index (κ3) is 2.36. The van der Waals surface area contributed by atoms with Crippen LogP contribution in [0.3, 0.4) is 0 Å². The van der Waals surface area contributed by atoms with E-state index in [0.29, 0.717) is 11.3 Å². The van der Waals surface area contributed by atoms with E-state index in [2.05, 4.69) is 5.10 Å². The fourth-order valence-corrected chi connectivity index (χ4v) is 1.28. The van der Waals surface area contributed by atoms with Gasteiger partial charge in [-0.25, -0.2) is 0 Å². The lowest BCUT2D eigenvalue weighted by Gasteiger charge is -2.07. The van der Waals surface area contributed by atoms with Crippen molar-refractivity contribution in [3.8, 4) is 0 Å². The smallest absolute Gasteiger partial charge is 0.253 e. The van der Waals surface area contributed by atoms with Gasteiger partial charge >= 0.3 is 0 Å². The largest absolute Gasteiger partial charge is 0.289 e. The molecule has 3 nitrogen and oxygen atoms in total. The predicted molar refractivity (Wildman–Crippen MR) is 52.6 cm³/mol. The van der Waals surface area contributed by atoms with Gasteiger partial charge in [-0.1, -0.05) is 34.8 Å².